The number of aromatic nitrogens is 2. The lowest BCUT2D eigenvalue weighted by Gasteiger charge is -2.36. The van der Waals surface area contributed by atoms with E-state index in [0.29, 0.717) is 45.3 Å². The first-order valence-corrected chi connectivity index (χ1v) is 21.3. The number of nitrogens with one attached hydrogen (secondary N) is 2. The molecule has 0 saturated heterocycles. The Morgan fingerprint density at radius 3 is 1.98 bits per heavy atom. The average molecular weight is 824 g/mol. The van der Waals surface area contributed by atoms with Crippen molar-refractivity contribution in [3.63, 3.8) is 0 Å². The summed E-state index contributed by atoms with van der Waals surface area (Å²) in [5.74, 6) is 2.42. The molecule has 0 spiro atoms. The van der Waals surface area contributed by atoms with Crippen molar-refractivity contribution in [3.8, 4) is 29.4 Å². The Kier molecular flexibility index (Phi) is 16.1. The van der Waals surface area contributed by atoms with Crippen LogP contribution < -0.4 is 29.7 Å². The maximum absolute atomic E-state index is 12.6. The summed E-state index contributed by atoms with van der Waals surface area (Å²) < 4.78 is 16.7. The van der Waals surface area contributed by atoms with Gasteiger partial charge in [-0.2, -0.15) is 10.5 Å². The van der Waals surface area contributed by atoms with Crippen molar-refractivity contribution >= 4 is 28.8 Å². The summed E-state index contributed by atoms with van der Waals surface area (Å²) in [5.41, 5.74) is 4.05. The molecule has 2 saturated carbocycles. The zero-order valence-electron chi connectivity index (χ0n) is 35.3. The number of hydrogen-bond donors (Lipinski definition) is 2. The van der Waals surface area contributed by atoms with E-state index in [9.17, 15) is 14.9 Å². The molecule has 6 rings (SSSR count). The van der Waals surface area contributed by atoms with Gasteiger partial charge in [0.15, 0.2) is 0 Å². The van der Waals surface area contributed by atoms with Gasteiger partial charge in [0.2, 0.25) is 5.01 Å². The van der Waals surface area contributed by atoms with Crippen molar-refractivity contribution in [2.75, 3.05) is 26.2 Å². The van der Waals surface area contributed by atoms with E-state index >= 15 is 0 Å². The van der Waals surface area contributed by atoms with E-state index in [1.165, 1.54) is 16.9 Å². The molecule has 2 fully saturated rings. The van der Waals surface area contributed by atoms with E-state index < -0.39 is 0 Å². The van der Waals surface area contributed by atoms with Crippen LogP contribution in [0, 0.1) is 22.7 Å². The number of nitrogens with zero attached hydrogens (tertiary/aromatic N) is 5. The number of amides is 2. The summed E-state index contributed by atoms with van der Waals surface area (Å²) in [5, 5.41) is 34.0. The zero-order chi connectivity index (χ0) is 42.5. The molecule has 2 amide bonds. The molecular weight excluding hydrogens is 763 g/mol. The lowest BCUT2D eigenvalue weighted by Crippen LogP contribution is -2.42. The van der Waals surface area contributed by atoms with Crippen molar-refractivity contribution in [1.29, 1.82) is 10.5 Å². The topological polar surface area (TPSA) is 162 Å². The Morgan fingerprint density at radius 1 is 0.763 bits per heavy atom. The van der Waals surface area contributed by atoms with Crippen molar-refractivity contribution < 1.29 is 26.7 Å². The van der Waals surface area contributed by atoms with Crippen LogP contribution in [0.2, 0.25) is 0 Å². The predicted molar refractivity (Wildman–Crippen MR) is 235 cm³/mol. The number of rotatable bonds is 12. The van der Waals surface area contributed by atoms with Crippen LogP contribution in [0.5, 0.6) is 17.2 Å². The van der Waals surface area contributed by atoms with Crippen LogP contribution in [-0.4, -0.2) is 67.5 Å². The Morgan fingerprint density at radius 2 is 1.37 bits per heavy atom. The molecule has 3 aromatic carbocycles. The molecule has 2 aliphatic rings. The van der Waals surface area contributed by atoms with E-state index in [1.807, 2.05) is 50.2 Å². The van der Waals surface area contributed by atoms with E-state index in [0.717, 1.165) is 74.0 Å². The number of hydrogen-bond acceptors (Lipinski definition) is 11. The largest absolute Gasteiger partial charge is 0.495 e. The van der Waals surface area contributed by atoms with E-state index in [4.69, 9.17) is 19.5 Å². The molecule has 2 atom stereocenters. The van der Waals surface area contributed by atoms with Crippen LogP contribution in [0.4, 0.5) is 5.69 Å². The first-order valence-electron chi connectivity index (χ1n) is 20.5. The monoisotopic (exact) mass is 823 g/mol. The standard InChI is InChI=1S/C25H31N3O2.C21H26N4O3S.2H2/c1-17(2)18-5-7-19(8-6-18)25(29)27-21-10-13-22(14-11-21)28(3)23-12-9-20(16-26)24(15-23)30-4;1-13(2)20-24-25-21(29-20)19(26)23-15-5-4-6-16(10-8-15)28-17-9-7-14(12-22)18(11-17)27-3;;/h5-9,12,15,17,21-22H,10-11,13-14H2,1-4H3,(H,27,29);7,9,11,13,15-16H,4-6,8,10H2,1-3H3,(H,23,26);2*1H/t;15-,16-;;/m.1../s1. The van der Waals surface area contributed by atoms with Crippen molar-refractivity contribution in [2.45, 2.75) is 122 Å². The summed E-state index contributed by atoms with van der Waals surface area (Å²) in [6.45, 7) is 8.38. The van der Waals surface area contributed by atoms with Gasteiger partial charge in [-0.25, -0.2) is 0 Å². The highest BCUT2D eigenvalue weighted by Gasteiger charge is 2.27. The number of ether oxygens (including phenoxy) is 3. The second-order valence-electron chi connectivity index (χ2n) is 15.9. The SMILES string of the molecule is COc1cc(N(C)C2CCC(NC(=O)c3ccc(C(C)C)cc3)CC2)ccc1C#N.COc1cc(O[C@@H]2CCC[C@@H](NC(=O)c3nnc(C(C)C)s3)CC2)ccc1C#N.[HH].[HH]. The van der Waals surface area contributed by atoms with Crippen molar-refractivity contribution in [3.05, 3.63) is 92.9 Å². The van der Waals surface area contributed by atoms with Gasteiger partial charge in [-0.1, -0.05) is 51.2 Å². The molecule has 0 unspecified atom stereocenters. The molecule has 59 heavy (non-hydrogen) atoms. The van der Waals surface area contributed by atoms with Crippen molar-refractivity contribution in [2.24, 2.45) is 0 Å². The van der Waals surface area contributed by atoms with Gasteiger partial charge >= 0.3 is 0 Å². The summed E-state index contributed by atoms with van der Waals surface area (Å²) in [6.07, 6.45) is 8.51. The molecule has 13 heteroatoms. The Bertz CT molecular complexity index is 2110. The van der Waals surface area contributed by atoms with Crippen LogP contribution in [0.3, 0.4) is 0 Å². The first kappa shape index (κ1) is 44.4. The van der Waals surface area contributed by atoms with Gasteiger partial charge < -0.3 is 29.7 Å². The summed E-state index contributed by atoms with van der Waals surface area (Å²) >= 11 is 1.36. The minimum Gasteiger partial charge on any atom is -0.495 e. The van der Waals surface area contributed by atoms with Gasteiger partial charge in [-0.15, -0.1) is 10.2 Å². The summed E-state index contributed by atoms with van der Waals surface area (Å²) in [4.78, 5) is 27.3. The minimum atomic E-state index is -0.143. The van der Waals surface area contributed by atoms with Gasteiger partial charge in [0, 0.05) is 57.3 Å². The smallest absolute Gasteiger partial charge is 0.282 e. The lowest BCUT2D eigenvalue weighted by atomic mass is 9.89. The average Bonchev–Trinajstić information content (AvgIpc) is 3.67. The Balaban J connectivity index is 0.000000315. The van der Waals surface area contributed by atoms with Crippen molar-refractivity contribution in [1.82, 2.24) is 20.8 Å². The zero-order valence-corrected chi connectivity index (χ0v) is 36.1. The minimum absolute atomic E-state index is 0. The van der Waals surface area contributed by atoms with E-state index in [-0.39, 0.29) is 38.8 Å². The Labute approximate surface area is 355 Å². The lowest BCUT2D eigenvalue weighted by molar-refractivity contribution is 0.0919. The maximum atomic E-state index is 12.6. The molecule has 2 N–H and O–H groups in total. The van der Waals surface area contributed by atoms with E-state index in [2.05, 4.69) is 58.8 Å². The number of benzene rings is 3. The van der Waals surface area contributed by atoms with Gasteiger partial charge in [0.05, 0.1) is 31.5 Å². The third-order valence-electron chi connectivity index (χ3n) is 11.1. The van der Waals surface area contributed by atoms with Crippen LogP contribution >= 0.6 is 11.3 Å². The quantitative estimate of drug-likeness (QED) is 0.132. The fourth-order valence-corrected chi connectivity index (χ4v) is 8.21. The van der Waals surface area contributed by atoms with Gasteiger partial charge in [0.25, 0.3) is 11.8 Å². The second-order valence-corrected chi connectivity index (χ2v) is 16.9. The molecule has 2 aliphatic carbocycles. The highest BCUT2D eigenvalue weighted by atomic mass is 32.1. The number of carbonyl (C=O) groups is 2. The molecule has 0 bridgehead atoms. The van der Waals surface area contributed by atoms with Crippen LogP contribution in [0.1, 0.15) is 142 Å². The van der Waals surface area contributed by atoms with Crippen LogP contribution in [0.25, 0.3) is 0 Å². The highest BCUT2D eigenvalue weighted by molar-refractivity contribution is 7.13. The molecule has 1 heterocycles. The fourth-order valence-electron chi connectivity index (χ4n) is 7.46. The number of methoxy groups -OCH3 is 2. The molecular formula is C46H61N7O5S. The normalized spacial score (nSPS) is 18.9. The number of nitriles is 2. The summed E-state index contributed by atoms with van der Waals surface area (Å²) in [7, 11) is 5.21. The second kappa shape index (κ2) is 21.4. The molecule has 1 aromatic heterocycles. The van der Waals surface area contributed by atoms with Gasteiger partial charge in [0.1, 0.15) is 34.4 Å². The molecule has 0 aliphatic heterocycles. The molecule has 0 radical (unpaired) electrons. The number of carbonyl (C=O) groups excluding carboxylic acids is 2. The maximum Gasteiger partial charge on any atom is 0.282 e. The fraction of sp³-hybridized carbons (Fsp3) is 0.478. The van der Waals surface area contributed by atoms with Crippen LogP contribution in [-0.2, 0) is 0 Å². The molecule has 316 valence electrons. The number of anilines is 1. The van der Waals surface area contributed by atoms with E-state index in [1.54, 1.807) is 38.5 Å². The Hall–Kier alpha value is -5.66. The third kappa shape index (κ3) is 12.2. The van der Waals surface area contributed by atoms with Gasteiger partial charge in [-0.05, 0) is 106 Å². The first-order chi connectivity index (χ1) is 28.4. The summed E-state index contributed by atoms with van der Waals surface area (Å²) in [6, 6.07) is 23.9. The van der Waals surface area contributed by atoms with Crippen LogP contribution in [0.15, 0.2) is 60.7 Å². The van der Waals surface area contributed by atoms with Gasteiger partial charge in [-0.3, -0.25) is 9.59 Å². The third-order valence-corrected chi connectivity index (χ3v) is 12.3. The molecule has 4 aromatic rings. The predicted octanol–water partition coefficient (Wildman–Crippen LogP) is 9.41. The molecule has 12 nitrogen and oxygen atoms in total. The highest BCUT2D eigenvalue weighted by Crippen LogP contribution is 2.31.